The maximum atomic E-state index is 11.1. The molecule has 0 bridgehead atoms. The van der Waals surface area contributed by atoms with Crippen LogP contribution in [0.5, 0.6) is 5.75 Å². The lowest BCUT2D eigenvalue weighted by Crippen LogP contribution is -2.47. The zero-order chi connectivity index (χ0) is 19.0. The summed E-state index contributed by atoms with van der Waals surface area (Å²) >= 11 is 6.55. The lowest BCUT2D eigenvalue weighted by Gasteiger charge is -2.40. The van der Waals surface area contributed by atoms with Crippen molar-refractivity contribution in [3.63, 3.8) is 0 Å². The van der Waals surface area contributed by atoms with Crippen molar-refractivity contribution in [1.82, 2.24) is 14.9 Å². The number of halogens is 1. The number of morpholine rings is 1. The number of fused-ring (bicyclic) bond motifs is 1. The van der Waals surface area contributed by atoms with Crippen molar-refractivity contribution < 1.29 is 9.84 Å². The standard InChI is InChI=1S/C21H22ClN3O2/c1-13-11-25(12-14(2)27-13)20(18-7-3-4-8-23-18)16-10-17(22)15-6-5-9-24-19(15)21(16)26/h3-10,13-14,20,26H,11-12H2,1-2H3/t13-,14+,20-/m1/s1. The molecule has 1 saturated heterocycles. The SMILES string of the molecule is C[C@@H]1CN([C@@H](c2ccccn2)c2cc(Cl)c3cccnc3c2O)C[C@H](C)O1. The van der Waals surface area contributed by atoms with Gasteiger partial charge in [-0.25, -0.2) is 0 Å². The Bertz CT molecular complexity index is 941. The van der Waals surface area contributed by atoms with Gasteiger partial charge < -0.3 is 9.84 Å². The quantitative estimate of drug-likeness (QED) is 0.735. The number of phenols is 1. The molecular formula is C21H22ClN3O2. The van der Waals surface area contributed by atoms with Gasteiger partial charge in [0, 0.05) is 36.4 Å². The molecule has 2 aromatic heterocycles. The highest BCUT2D eigenvalue weighted by Gasteiger charge is 2.33. The fourth-order valence-corrected chi connectivity index (χ4v) is 4.19. The molecule has 0 saturated carbocycles. The Labute approximate surface area is 163 Å². The molecule has 140 valence electrons. The first-order chi connectivity index (χ1) is 13.0. The van der Waals surface area contributed by atoms with E-state index >= 15 is 0 Å². The minimum Gasteiger partial charge on any atom is -0.505 e. The molecule has 1 N–H and O–H groups in total. The highest BCUT2D eigenvalue weighted by molar-refractivity contribution is 6.35. The summed E-state index contributed by atoms with van der Waals surface area (Å²) in [5.74, 6) is 0.150. The summed E-state index contributed by atoms with van der Waals surface area (Å²) in [6.07, 6.45) is 3.62. The zero-order valence-electron chi connectivity index (χ0n) is 15.3. The van der Waals surface area contributed by atoms with Gasteiger partial charge in [-0.15, -0.1) is 0 Å². The number of ether oxygens (including phenoxy) is 1. The number of rotatable bonds is 3. The molecule has 0 aliphatic carbocycles. The third-order valence-corrected chi connectivity index (χ3v) is 5.23. The second-order valence-electron chi connectivity index (χ2n) is 7.06. The van der Waals surface area contributed by atoms with Gasteiger partial charge in [-0.2, -0.15) is 0 Å². The average Bonchev–Trinajstić information content (AvgIpc) is 2.66. The number of aromatic hydroxyl groups is 1. The normalized spacial score (nSPS) is 22.0. The molecule has 6 heteroatoms. The summed E-state index contributed by atoms with van der Waals surface area (Å²) < 4.78 is 5.90. The molecule has 0 unspecified atom stereocenters. The van der Waals surface area contributed by atoms with Crippen molar-refractivity contribution >= 4 is 22.5 Å². The molecule has 1 aliphatic rings. The molecule has 27 heavy (non-hydrogen) atoms. The van der Waals surface area contributed by atoms with Crippen molar-refractivity contribution in [2.45, 2.75) is 32.1 Å². The Morgan fingerprint density at radius 1 is 1.11 bits per heavy atom. The van der Waals surface area contributed by atoms with Crippen LogP contribution >= 0.6 is 11.6 Å². The van der Waals surface area contributed by atoms with Crippen LogP contribution in [-0.4, -0.2) is 45.3 Å². The second-order valence-corrected chi connectivity index (χ2v) is 7.47. The maximum absolute atomic E-state index is 11.1. The van der Waals surface area contributed by atoms with Crippen LogP contribution in [0, 0.1) is 0 Å². The largest absolute Gasteiger partial charge is 0.505 e. The van der Waals surface area contributed by atoms with Crippen LogP contribution in [0.1, 0.15) is 31.1 Å². The Hall–Kier alpha value is -2.21. The van der Waals surface area contributed by atoms with Gasteiger partial charge in [0.05, 0.1) is 29.0 Å². The van der Waals surface area contributed by atoms with Crippen LogP contribution in [0.4, 0.5) is 0 Å². The number of nitrogens with zero attached hydrogens (tertiary/aromatic N) is 3. The van der Waals surface area contributed by atoms with Crippen LogP contribution < -0.4 is 0 Å². The van der Waals surface area contributed by atoms with E-state index in [4.69, 9.17) is 16.3 Å². The fourth-order valence-electron chi connectivity index (χ4n) is 3.92. The number of benzene rings is 1. The fraction of sp³-hybridized carbons (Fsp3) is 0.333. The first kappa shape index (κ1) is 18.2. The van der Waals surface area contributed by atoms with Gasteiger partial charge in [0.1, 0.15) is 11.3 Å². The number of phenolic OH excluding ortho intramolecular Hbond substituents is 1. The predicted molar refractivity (Wildman–Crippen MR) is 106 cm³/mol. The summed E-state index contributed by atoms with van der Waals surface area (Å²) in [4.78, 5) is 11.2. The summed E-state index contributed by atoms with van der Waals surface area (Å²) in [6, 6.07) is 11.1. The summed E-state index contributed by atoms with van der Waals surface area (Å²) in [5, 5.41) is 12.4. The smallest absolute Gasteiger partial charge is 0.147 e. The van der Waals surface area contributed by atoms with Gasteiger partial charge in [0.15, 0.2) is 0 Å². The molecule has 0 spiro atoms. The minimum absolute atomic E-state index is 0.0937. The van der Waals surface area contributed by atoms with Gasteiger partial charge in [-0.05, 0) is 44.2 Å². The van der Waals surface area contributed by atoms with Crippen LogP contribution in [0.25, 0.3) is 10.9 Å². The molecule has 1 fully saturated rings. The molecule has 1 aromatic carbocycles. The lowest BCUT2D eigenvalue weighted by atomic mass is 9.96. The van der Waals surface area contributed by atoms with Gasteiger partial charge in [-0.1, -0.05) is 17.7 Å². The molecule has 0 amide bonds. The van der Waals surface area contributed by atoms with Crippen LogP contribution in [0.3, 0.4) is 0 Å². The van der Waals surface area contributed by atoms with Gasteiger partial charge in [0.25, 0.3) is 0 Å². The number of hydrogen-bond donors (Lipinski definition) is 1. The van der Waals surface area contributed by atoms with E-state index in [9.17, 15) is 5.11 Å². The van der Waals surface area contributed by atoms with Gasteiger partial charge in [0.2, 0.25) is 0 Å². The number of aromatic nitrogens is 2. The van der Waals surface area contributed by atoms with E-state index in [-0.39, 0.29) is 24.0 Å². The third kappa shape index (κ3) is 3.50. The molecule has 3 heterocycles. The molecule has 3 aromatic rings. The van der Waals surface area contributed by atoms with E-state index < -0.39 is 0 Å². The van der Waals surface area contributed by atoms with E-state index in [0.717, 1.165) is 24.2 Å². The van der Waals surface area contributed by atoms with Crippen molar-refractivity contribution in [3.8, 4) is 5.75 Å². The molecule has 3 atom stereocenters. The Morgan fingerprint density at radius 3 is 2.56 bits per heavy atom. The van der Waals surface area contributed by atoms with Crippen molar-refractivity contribution in [1.29, 1.82) is 0 Å². The number of hydrogen-bond acceptors (Lipinski definition) is 5. The van der Waals surface area contributed by atoms with Crippen LogP contribution in [0.2, 0.25) is 5.02 Å². The van der Waals surface area contributed by atoms with E-state index in [0.29, 0.717) is 16.1 Å². The molecule has 5 nitrogen and oxygen atoms in total. The number of pyridine rings is 2. The molecule has 4 rings (SSSR count). The summed E-state index contributed by atoms with van der Waals surface area (Å²) in [6.45, 7) is 5.60. The Morgan fingerprint density at radius 2 is 1.85 bits per heavy atom. The first-order valence-corrected chi connectivity index (χ1v) is 9.49. The van der Waals surface area contributed by atoms with E-state index in [1.54, 1.807) is 12.4 Å². The highest BCUT2D eigenvalue weighted by atomic mass is 35.5. The third-order valence-electron chi connectivity index (χ3n) is 4.92. The molecule has 1 aliphatic heterocycles. The molecule has 0 radical (unpaired) electrons. The maximum Gasteiger partial charge on any atom is 0.147 e. The average molecular weight is 384 g/mol. The van der Waals surface area contributed by atoms with Gasteiger partial charge in [-0.3, -0.25) is 14.9 Å². The summed E-state index contributed by atoms with van der Waals surface area (Å²) in [7, 11) is 0. The highest BCUT2D eigenvalue weighted by Crippen LogP contribution is 2.41. The predicted octanol–water partition coefficient (Wildman–Crippen LogP) is 4.19. The summed E-state index contributed by atoms with van der Waals surface area (Å²) in [5.41, 5.74) is 2.09. The topological polar surface area (TPSA) is 58.5 Å². The van der Waals surface area contributed by atoms with E-state index in [2.05, 4.69) is 28.7 Å². The second kappa shape index (κ2) is 7.43. The van der Waals surface area contributed by atoms with Crippen molar-refractivity contribution in [2.24, 2.45) is 0 Å². The Balaban J connectivity index is 1.89. The first-order valence-electron chi connectivity index (χ1n) is 9.11. The van der Waals surface area contributed by atoms with E-state index in [1.165, 1.54) is 0 Å². The van der Waals surface area contributed by atoms with Crippen molar-refractivity contribution in [3.05, 3.63) is 65.1 Å². The van der Waals surface area contributed by atoms with E-state index in [1.807, 2.05) is 36.4 Å². The van der Waals surface area contributed by atoms with Crippen LogP contribution in [0.15, 0.2) is 48.8 Å². The monoisotopic (exact) mass is 383 g/mol. The van der Waals surface area contributed by atoms with Crippen molar-refractivity contribution in [2.75, 3.05) is 13.1 Å². The molecular weight excluding hydrogens is 362 g/mol. The van der Waals surface area contributed by atoms with Gasteiger partial charge >= 0.3 is 0 Å². The lowest BCUT2D eigenvalue weighted by molar-refractivity contribution is -0.0770. The minimum atomic E-state index is -0.232. The zero-order valence-corrected chi connectivity index (χ0v) is 16.1. The van der Waals surface area contributed by atoms with Crippen LogP contribution in [-0.2, 0) is 4.74 Å². The Kier molecular flexibility index (Phi) is 5.00.